The zero-order valence-corrected chi connectivity index (χ0v) is 17.4. The molecular weight excluding hydrogens is 475 g/mol. The zero-order valence-electron chi connectivity index (χ0n) is 12.8. The number of thiophene rings is 1. The lowest BCUT2D eigenvalue weighted by Crippen LogP contribution is -2.24. The Morgan fingerprint density at radius 3 is 2.75 bits per heavy atom. The van der Waals surface area contributed by atoms with E-state index in [2.05, 4.69) is 39.4 Å². The van der Waals surface area contributed by atoms with Crippen molar-refractivity contribution in [3.63, 3.8) is 0 Å². The zero-order chi connectivity index (χ0) is 17.3. The van der Waals surface area contributed by atoms with Crippen molar-refractivity contribution in [3.05, 3.63) is 60.1 Å². The molecule has 1 N–H and O–H groups in total. The van der Waals surface area contributed by atoms with Crippen LogP contribution in [0.25, 0.3) is 10.2 Å². The summed E-state index contributed by atoms with van der Waals surface area (Å²) in [5.41, 5.74) is 1.54. The van der Waals surface area contributed by atoms with Crippen LogP contribution in [0, 0.1) is 7.39 Å². The van der Waals surface area contributed by atoms with E-state index >= 15 is 0 Å². The highest BCUT2D eigenvalue weighted by Gasteiger charge is 2.14. The highest BCUT2D eigenvalue weighted by Crippen LogP contribution is 2.29. The lowest BCUT2D eigenvalue weighted by molar-refractivity contribution is 0.0950. The fourth-order valence-corrected chi connectivity index (χ4v) is 4.78. The Hall–Kier alpha value is -0.960. The van der Waals surface area contributed by atoms with Crippen LogP contribution in [0.4, 0.5) is 0 Å². The first-order chi connectivity index (χ1) is 11.5. The summed E-state index contributed by atoms with van der Waals surface area (Å²) in [6.45, 7) is 3.29. The molecule has 0 spiro atoms. The molecule has 2 heterocycles. The van der Waals surface area contributed by atoms with Gasteiger partial charge in [-0.05, 0) is 53.3 Å². The van der Waals surface area contributed by atoms with Crippen molar-refractivity contribution in [1.29, 1.82) is 0 Å². The molecule has 0 fully saturated rings. The van der Waals surface area contributed by atoms with Crippen molar-refractivity contribution in [2.24, 2.45) is 0 Å². The molecule has 0 aliphatic carbocycles. The molecule has 0 bridgehead atoms. The first kappa shape index (κ1) is 17.8. The van der Waals surface area contributed by atoms with Crippen LogP contribution in [0.5, 0.6) is 0 Å². The van der Waals surface area contributed by atoms with E-state index in [1.165, 1.54) is 0 Å². The number of nitrogens with one attached hydrogen (secondary N) is 1. The average Bonchev–Trinajstić information content (AvgIpc) is 2.97. The molecule has 0 unspecified atom stereocenters. The summed E-state index contributed by atoms with van der Waals surface area (Å²) in [6, 6.07) is 9.46. The lowest BCUT2D eigenvalue weighted by Gasteiger charge is -2.10. The van der Waals surface area contributed by atoms with Gasteiger partial charge in [-0.2, -0.15) is 0 Å². The van der Waals surface area contributed by atoms with E-state index in [0.29, 0.717) is 21.6 Å². The molecule has 3 rings (SSSR count). The van der Waals surface area contributed by atoms with E-state index in [4.69, 9.17) is 23.8 Å². The van der Waals surface area contributed by atoms with E-state index in [1.54, 1.807) is 11.3 Å². The Morgan fingerprint density at radius 2 is 2.08 bits per heavy atom. The number of aryl methyl sites for hydroxylation is 1. The third-order valence-corrected chi connectivity index (χ3v) is 6.29. The maximum atomic E-state index is 12.6. The van der Waals surface area contributed by atoms with Gasteiger partial charge in [-0.25, -0.2) is 0 Å². The van der Waals surface area contributed by atoms with Gasteiger partial charge in [0.1, 0.15) is 4.83 Å². The molecular formula is C17H14ClIN2OS2. The van der Waals surface area contributed by atoms with Gasteiger partial charge in [-0.3, -0.25) is 4.79 Å². The summed E-state index contributed by atoms with van der Waals surface area (Å²) in [7, 11) is 0. The Morgan fingerprint density at radius 1 is 1.38 bits per heavy atom. The molecule has 124 valence electrons. The van der Waals surface area contributed by atoms with E-state index in [0.717, 1.165) is 25.2 Å². The van der Waals surface area contributed by atoms with Crippen LogP contribution < -0.4 is 5.32 Å². The fraction of sp³-hybridized carbons (Fsp3) is 0.176. The van der Waals surface area contributed by atoms with Gasteiger partial charge in [0.25, 0.3) is 5.91 Å². The number of amides is 1. The van der Waals surface area contributed by atoms with E-state index in [9.17, 15) is 4.79 Å². The number of carbonyl (C=O) groups excluding carboxylic acids is 1. The van der Waals surface area contributed by atoms with Gasteiger partial charge in [0, 0.05) is 29.7 Å². The number of hydrogen-bond acceptors (Lipinski definition) is 3. The monoisotopic (exact) mass is 488 g/mol. The number of fused-ring (bicyclic) bond motifs is 1. The van der Waals surface area contributed by atoms with Crippen LogP contribution in [0.1, 0.15) is 22.8 Å². The second-order valence-corrected chi connectivity index (χ2v) is 9.01. The molecule has 0 saturated carbocycles. The molecule has 0 aliphatic rings. The molecule has 2 aromatic heterocycles. The van der Waals surface area contributed by atoms with Crippen molar-refractivity contribution in [2.45, 2.75) is 20.0 Å². The van der Waals surface area contributed by atoms with E-state index < -0.39 is 0 Å². The maximum Gasteiger partial charge on any atom is 0.254 e. The maximum absolute atomic E-state index is 12.6. The number of pyridine rings is 1. The van der Waals surface area contributed by atoms with Gasteiger partial charge in [0.2, 0.25) is 0 Å². The van der Waals surface area contributed by atoms with E-state index in [-0.39, 0.29) is 5.91 Å². The van der Waals surface area contributed by atoms with Crippen LogP contribution >= 0.6 is 57.7 Å². The Balaban J connectivity index is 1.90. The predicted molar refractivity (Wildman–Crippen MR) is 112 cm³/mol. The summed E-state index contributed by atoms with van der Waals surface area (Å²) in [4.78, 5) is 13.7. The summed E-state index contributed by atoms with van der Waals surface area (Å²) < 4.78 is 3.85. The number of halogens is 2. The molecule has 1 amide bonds. The van der Waals surface area contributed by atoms with Crippen LogP contribution in [-0.4, -0.2) is 10.5 Å². The van der Waals surface area contributed by atoms with Gasteiger partial charge in [-0.15, -0.1) is 11.3 Å². The van der Waals surface area contributed by atoms with Crippen LogP contribution in [-0.2, 0) is 13.1 Å². The Labute approximate surface area is 167 Å². The average molecular weight is 489 g/mol. The number of hydrogen-bond donors (Lipinski definition) is 1. The second-order valence-electron chi connectivity index (χ2n) is 5.24. The molecule has 7 heteroatoms. The summed E-state index contributed by atoms with van der Waals surface area (Å²) >= 11 is 15.4. The topological polar surface area (TPSA) is 34.0 Å². The van der Waals surface area contributed by atoms with Crippen molar-refractivity contribution in [1.82, 2.24) is 9.88 Å². The number of aromatic nitrogens is 1. The number of rotatable bonds is 4. The Kier molecular flexibility index (Phi) is 5.59. The second kappa shape index (κ2) is 7.51. The van der Waals surface area contributed by atoms with E-state index in [1.807, 2.05) is 36.5 Å². The molecule has 1 aromatic carbocycles. The molecule has 0 atom stereocenters. The molecule has 0 saturated heterocycles. The van der Waals surface area contributed by atoms with Crippen LogP contribution in [0.2, 0.25) is 5.02 Å². The first-order valence-corrected chi connectivity index (χ1v) is 10.0. The molecule has 3 aromatic rings. The van der Waals surface area contributed by atoms with Crippen LogP contribution in [0.3, 0.4) is 0 Å². The van der Waals surface area contributed by atoms with Crippen LogP contribution in [0.15, 0.2) is 36.5 Å². The number of carbonyl (C=O) groups is 1. The highest BCUT2D eigenvalue weighted by molar-refractivity contribution is 14.1. The van der Waals surface area contributed by atoms with Crippen molar-refractivity contribution in [2.75, 3.05) is 0 Å². The van der Waals surface area contributed by atoms with Gasteiger partial charge in [0.15, 0.2) is 0 Å². The number of nitrogens with zero attached hydrogens (tertiary/aromatic N) is 1. The minimum Gasteiger partial charge on any atom is -0.348 e. The van der Waals surface area contributed by atoms with Crippen molar-refractivity contribution in [3.8, 4) is 0 Å². The van der Waals surface area contributed by atoms with Crippen molar-refractivity contribution >= 4 is 73.9 Å². The lowest BCUT2D eigenvalue weighted by atomic mass is 10.2. The molecule has 24 heavy (non-hydrogen) atoms. The SMILES string of the molecule is CCn1cc(C(=O)NCc2ccc(Cl)cc2)c(=S)c2cc(I)sc21. The minimum atomic E-state index is -0.153. The van der Waals surface area contributed by atoms with Gasteiger partial charge in [-0.1, -0.05) is 36.0 Å². The molecule has 3 nitrogen and oxygen atoms in total. The predicted octanol–water partition coefficient (Wildman–Crippen LogP) is 5.64. The quantitative estimate of drug-likeness (QED) is 0.381. The summed E-state index contributed by atoms with van der Waals surface area (Å²) in [5.74, 6) is -0.153. The summed E-state index contributed by atoms with van der Waals surface area (Å²) in [6.07, 6.45) is 1.86. The van der Waals surface area contributed by atoms with Crippen molar-refractivity contribution < 1.29 is 4.79 Å². The first-order valence-electron chi connectivity index (χ1n) is 7.34. The third kappa shape index (κ3) is 3.66. The van der Waals surface area contributed by atoms with Gasteiger partial charge in [0.05, 0.1) is 13.0 Å². The Bertz CT molecular complexity index is 963. The normalized spacial score (nSPS) is 11.0. The minimum absolute atomic E-state index is 0.153. The smallest absolute Gasteiger partial charge is 0.254 e. The van der Waals surface area contributed by atoms with Gasteiger partial charge < -0.3 is 9.88 Å². The molecule has 0 radical (unpaired) electrons. The van der Waals surface area contributed by atoms with Gasteiger partial charge >= 0.3 is 0 Å². The summed E-state index contributed by atoms with van der Waals surface area (Å²) in [5, 5.41) is 4.59. The third-order valence-electron chi connectivity index (χ3n) is 3.67. The highest BCUT2D eigenvalue weighted by atomic mass is 127. The number of benzene rings is 1. The fourth-order valence-electron chi connectivity index (χ4n) is 2.42. The molecule has 0 aliphatic heterocycles. The largest absolute Gasteiger partial charge is 0.348 e. The standard InChI is InChI=1S/C17H14ClIN2OS2/c1-2-21-9-13(15(23)12-7-14(19)24-17(12)21)16(22)20-8-10-3-5-11(18)6-4-10/h3-7,9H,2,8H2,1H3,(H,20,22).